The summed E-state index contributed by atoms with van der Waals surface area (Å²) < 4.78 is 0. The largest absolute Gasteiger partial charge is 0.350 e. The van der Waals surface area contributed by atoms with Crippen molar-refractivity contribution in [3.63, 3.8) is 0 Å². The van der Waals surface area contributed by atoms with E-state index in [4.69, 9.17) is 0 Å². The molecule has 0 aliphatic carbocycles. The summed E-state index contributed by atoms with van der Waals surface area (Å²) in [4.78, 5) is 39.5. The van der Waals surface area contributed by atoms with Crippen molar-refractivity contribution >= 4 is 29.3 Å². The van der Waals surface area contributed by atoms with Gasteiger partial charge in [-0.1, -0.05) is 72.3 Å². The Balaban J connectivity index is 1.84. The van der Waals surface area contributed by atoms with Crippen molar-refractivity contribution in [3.8, 4) is 0 Å². The molecule has 0 fully saturated rings. The SMILES string of the molecule is Cc1cccc(CN(C(=O)CSCc2ccc([N+](=O)[O-])cc2)[C@@H](Cc2ccccc2)C(=O)NC(C)(C)C)c1. The Morgan fingerprint density at radius 1 is 0.947 bits per heavy atom. The van der Waals surface area contributed by atoms with Crippen molar-refractivity contribution in [2.24, 2.45) is 0 Å². The van der Waals surface area contributed by atoms with E-state index in [9.17, 15) is 19.7 Å². The Kier molecular flexibility index (Phi) is 10.1. The molecule has 0 unspecified atom stereocenters. The molecule has 0 heterocycles. The number of thioether (sulfide) groups is 1. The quantitative estimate of drug-likeness (QED) is 0.252. The van der Waals surface area contributed by atoms with Crippen LogP contribution in [0.1, 0.15) is 43.0 Å². The number of non-ortho nitro benzene ring substituents is 1. The fourth-order valence-electron chi connectivity index (χ4n) is 4.07. The second kappa shape index (κ2) is 13.2. The Morgan fingerprint density at radius 2 is 1.61 bits per heavy atom. The normalized spacial score (nSPS) is 12.0. The lowest BCUT2D eigenvalue weighted by Gasteiger charge is -2.34. The van der Waals surface area contributed by atoms with E-state index in [2.05, 4.69) is 5.32 Å². The topological polar surface area (TPSA) is 92.6 Å². The molecule has 0 radical (unpaired) electrons. The van der Waals surface area contributed by atoms with E-state index in [0.717, 1.165) is 22.3 Å². The standard InChI is InChI=1S/C30H35N3O4S/c1-22-9-8-12-25(17-22)19-32(28(34)21-38-20-24-13-15-26(16-14-24)33(36)37)27(29(35)31-30(2,3)4)18-23-10-6-5-7-11-23/h5-17,27H,18-21H2,1-4H3,(H,31,35)/t27-/m0/s1. The molecule has 0 bridgehead atoms. The fraction of sp³-hybridized carbons (Fsp3) is 0.333. The number of nitrogens with zero attached hydrogens (tertiary/aromatic N) is 2. The number of hydrogen-bond donors (Lipinski definition) is 1. The average Bonchev–Trinajstić information content (AvgIpc) is 2.86. The summed E-state index contributed by atoms with van der Waals surface area (Å²) in [5.41, 5.74) is 3.50. The molecule has 0 saturated heterocycles. The van der Waals surface area contributed by atoms with Gasteiger partial charge in [-0.3, -0.25) is 19.7 Å². The van der Waals surface area contributed by atoms with Crippen molar-refractivity contribution in [2.45, 2.75) is 58.0 Å². The van der Waals surface area contributed by atoms with Crippen LogP contribution in [-0.2, 0) is 28.3 Å². The number of carbonyl (C=O) groups is 2. The van der Waals surface area contributed by atoms with E-state index in [1.165, 1.54) is 23.9 Å². The Hall–Kier alpha value is -3.65. The van der Waals surface area contributed by atoms with Crippen LogP contribution in [0.5, 0.6) is 0 Å². The van der Waals surface area contributed by atoms with Gasteiger partial charge in [0.25, 0.3) is 5.69 Å². The zero-order valence-corrected chi connectivity index (χ0v) is 23.2. The Labute approximate surface area is 228 Å². The van der Waals surface area contributed by atoms with E-state index in [-0.39, 0.29) is 23.3 Å². The number of nitrogens with one attached hydrogen (secondary N) is 1. The van der Waals surface area contributed by atoms with Crippen LogP contribution in [0.25, 0.3) is 0 Å². The van der Waals surface area contributed by atoms with Gasteiger partial charge in [0.1, 0.15) is 6.04 Å². The van der Waals surface area contributed by atoms with Crippen LogP contribution in [0.2, 0.25) is 0 Å². The van der Waals surface area contributed by atoms with Gasteiger partial charge >= 0.3 is 0 Å². The molecule has 0 saturated carbocycles. The monoisotopic (exact) mass is 533 g/mol. The number of amides is 2. The third kappa shape index (κ3) is 9.03. The zero-order chi connectivity index (χ0) is 27.7. The van der Waals surface area contributed by atoms with Gasteiger partial charge < -0.3 is 10.2 Å². The molecule has 1 N–H and O–H groups in total. The third-order valence-corrected chi connectivity index (χ3v) is 6.83. The number of hydrogen-bond acceptors (Lipinski definition) is 5. The maximum absolute atomic E-state index is 13.7. The van der Waals surface area contributed by atoms with Crippen molar-refractivity contribution in [1.29, 1.82) is 0 Å². The van der Waals surface area contributed by atoms with Crippen molar-refractivity contribution in [1.82, 2.24) is 10.2 Å². The van der Waals surface area contributed by atoms with Gasteiger partial charge in [0.05, 0.1) is 10.7 Å². The van der Waals surface area contributed by atoms with E-state index in [1.807, 2.05) is 82.3 Å². The number of nitro benzene ring substituents is 1. The van der Waals surface area contributed by atoms with E-state index >= 15 is 0 Å². The predicted molar refractivity (Wildman–Crippen MR) is 153 cm³/mol. The Morgan fingerprint density at radius 3 is 2.21 bits per heavy atom. The molecule has 200 valence electrons. The summed E-state index contributed by atoms with van der Waals surface area (Å²) >= 11 is 1.43. The molecule has 0 aliphatic heterocycles. The first-order valence-corrected chi connectivity index (χ1v) is 13.7. The van der Waals surface area contributed by atoms with Gasteiger partial charge in [-0.25, -0.2) is 0 Å². The Bertz CT molecular complexity index is 1240. The lowest BCUT2D eigenvalue weighted by molar-refractivity contribution is -0.384. The molecule has 2 amide bonds. The maximum atomic E-state index is 13.7. The second-order valence-corrected chi connectivity index (χ2v) is 11.4. The second-order valence-electron chi connectivity index (χ2n) is 10.4. The van der Waals surface area contributed by atoms with Gasteiger partial charge in [0, 0.05) is 36.4 Å². The number of aryl methyl sites for hydroxylation is 1. The highest BCUT2D eigenvalue weighted by molar-refractivity contribution is 7.99. The molecule has 0 aliphatic rings. The molecule has 1 atom stereocenters. The maximum Gasteiger partial charge on any atom is 0.269 e. The van der Waals surface area contributed by atoms with Crippen LogP contribution in [0.15, 0.2) is 78.9 Å². The summed E-state index contributed by atoms with van der Waals surface area (Å²) in [6.07, 6.45) is 0.396. The lowest BCUT2D eigenvalue weighted by atomic mass is 10.0. The van der Waals surface area contributed by atoms with Gasteiger partial charge in [0.15, 0.2) is 0 Å². The minimum Gasteiger partial charge on any atom is -0.350 e. The van der Waals surface area contributed by atoms with Crippen LogP contribution >= 0.6 is 11.8 Å². The summed E-state index contributed by atoms with van der Waals surface area (Å²) in [5, 5.41) is 14.0. The van der Waals surface area contributed by atoms with Crippen LogP contribution in [-0.4, -0.2) is 39.0 Å². The fourth-order valence-corrected chi connectivity index (χ4v) is 4.94. The summed E-state index contributed by atoms with van der Waals surface area (Å²) in [6.45, 7) is 8.10. The van der Waals surface area contributed by atoms with E-state index in [1.54, 1.807) is 17.0 Å². The summed E-state index contributed by atoms with van der Waals surface area (Å²) in [6, 6.07) is 23.3. The minimum absolute atomic E-state index is 0.0350. The van der Waals surface area contributed by atoms with Crippen LogP contribution in [0.4, 0.5) is 5.69 Å². The third-order valence-electron chi connectivity index (χ3n) is 5.85. The molecule has 3 aromatic rings. The first kappa shape index (κ1) is 28.9. The number of nitro groups is 1. The summed E-state index contributed by atoms with van der Waals surface area (Å²) in [7, 11) is 0. The highest BCUT2D eigenvalue weighted by Gasteiger charge is 2.32. The molecule has 8 heteroatoms. The van der Waals surface area contributed by atoms with Gasteiger partial charge in [0.2, 0.25) is 11.8 Å². The molecular weight excluding hydrogens is 498 g/mol. The molecular formula is C30H35N3O4S. The zero-order valence-electron chi connectivity index (χ0n) is 22.3. The highest BCUT2D eigenvalue weighted by atomic mass is 32.2. The molecule has 3 aromatic carbocycles. The van der Waals surface area contributed by atoms with Gasteiger partial charge in [-0.05, 0) is 44.4 Å². The lowest BCUT2D eigenvalue weighted by Crippen LogP contribution is -2.54. The molecule has 7 nitrogen and oxygen atoms in total. The smallest absolute Gasteiger partial charge is 0.269 e. The average molecular weight is 534 g/mol. The van der Waals surface area contributed by atoms with Crippen molar-refractivity contribution < 1.29 is 14.5 Å². The predicted octanol–water partition coefficient (Wildman–Crippen LogP) is 5.69. The van der Waals surface area contributed by atoms with Gasteiger partial charge in [-0.15, -0.1) is 11.8 Å². The molecule has 3 rings (SSSR count). The van der Waals surface area contributed by atoms with Crippen molar-refractivity contribution in [3.05, 3.63) is 111 Å². The van der Waals surface area contributed by atoms with Crippen LogP contribution in [0.3, 0.4) is 0 Å². The number of benzene rings is 3. The van der Waals surface area contributed by atoms with E-state index < -0.39 is 16.5 Å². The molecule has 0 aromatic heterocycles. The van der Waals surface area contributed by atoms with Gasteiger partial charge in [-0.2, -0.15) is 0 Å². The van der Waals surface area contributed by atoms with Crippen molar-refractivity contribution in [2.75, 3.05) is 5.75 Å². The van der Waals surface area contributed by atoms with Crippen LogP contribution in [0, 0.1) is 17.0 Å². The van der Waals surface area contributed by atoms with Crippen LogP contribution < -0.4 is 5.32 Å². The number of carbonyl (C=O) groups excluding carboxylic acids is 2. The summed E-state index contributed by atoms with van der Waals surface area (Å²) in [5.74, 6) is 0.377. The minimum atomic E-state index is -0.690. The molecule has 0 spiro atoms. The van der Waals surface area contributed by atoms with E-state index in [0.29, 0.717) is 18.7 Å². The highest BCUT2D eigenvalue weighted by Crippen LogP contribution is 2.21. The first-order chi connectivity index (χ1) is 18.0. The first-order valence-electron chi connectivity index (χ1n) is 12.5. The number of rotatable bonds is 11. The molecule has 38 heavy (non-hydrogen) atoms.